The predicted octanol–water partition coefficient (Wildman–Crippen LogP) is 5.48. The Bertz CT molecular complexity index is 1460. The summed E-state index contributed by atoms with van der Waals surface area (Å²) < 4.78 is 33.4. The van der Waals surface area contributed by atoms with Crippen molar-refractivity contribution in [1.82, 2.24) is 5.43 Å². The van der Waals surface area contributed by atoms with E-state index >= 15 is 0 Å². The number of nitrogens with one attached hydrogen (secondary N) is 1. The van der Waals surface area contributed by atoms with Gasteiger partial charge in [-0.3, -0.25) is 9.10 Å². The van der Waals surface area contributed by atoms with Crippen molar-refractivity contribution < 1.29 is 17.9 Å². The molecule has 0 aromatic heterocycles. The molecule has 0 spiro atoms. The van der Waals surface area contributed by atoms with Gasteiger partial charge in [0.2, 0.25) is 0 Å². The van der Waals surface area contributed by atoms with Gasteiger partial charge < -0.3 is 4.74 Å². The first-order chi connectivity index (χ1) is 17.4. The van der Waals surface area contributed by atoms with Gasteiger partial charge in [-0.15, -0.1) is 0 Å². The first kappa shape index (κ1) is 25.0. The molecule has 0 aliphatic heterocycles. The van der Waals surface area contributed by atoms with Crippen molar-refractivity contribution in [3.05, 3.63) is 120 Å². The summed E-state index contributed by atoms with van der Waals surface area (Å²) in [6, 6.07) is 30.7. The number of carbonyl (C=O) groups excluding carboxylic acids is 1. The third-order valence-corrected chi connectivity index (χ3v) is 6.98. The molecule has 0 unspecified atom stereocenters. The average Bonchev–Trinajstić information content (AvgIpc) is 2.88. The number of carbonyl (C=O) groups is 1. The minimum atomic E-state index is -4.03. The molecule has 182 valence electrons. The van der Waals surface area contributed by atoms with E-state index in [1.165, 1.54) is 24.4 Å². The maximum atomic E-state index is 13.3. The van der Waals surface area contributed by atoms with Crippen LogP contribution in [0.5, 0.6) is 11.5 Å². The van der Waals surface area contributed by atoms with Crippen molar-refractivity contribution in [2.24, 2.45) is 5.10 Å². The number of anilines is 1. The zero-order chi connectivity index (χ0) is 25.4. The maximum Gasteiger partial charge on any atom is 0.264 e. The molecule has 0 radical (unpaired) electrons. The van der Waals surface area contributed by atoms with Crippen LogP contribution in [0, 0.1) is 0 Å². The normalized spacial score (nSPS) is 11.2. The van der Waals surface area contributed by atoms with Crippen LogP contribution in [0.3, 0.4) is 0 Å². The lowest BCUT2D eigenvalue weighted by Crippen LogP contribution is -2.39. The SMILES string of the molecule is O=C(CN(c1cccc(Cl)c1)S(=O)(=O)c1ccccc1)N/N=C\c1cccc(Oc2ccccc2)c1. The van der Waals surface area contributed by atoms with Gasteiger partial charge in [-0.2, -0.15) is 5.10 Å². The number of ether oxygens (including phenoxy) is 1. The Morgan fingerprint density at radius 1 is 0.861 bits per heavy atom. The molecule has 1 N–H and O–H groups in total. The molecule has 0 saturated carbocycles. The first-order valence-electron chi connectivity index (χ1n) is 10.9. The number of para-hydroxylation sites is 1. The monoisotopic (exact) mass is 519 g/mol. The quantitative estimate of drug-likeness (QED) is 0.234. The molecule has 4 aromatic rings. The summed E-state index contributed by atoms with van der Waals surface area (Å²) in [7, 11) is -4.03. The van der Waals surface area contributed by atoms with Crippen molar-refractivity contribution in [2.75, 3.05) is 10.8 Å². The van der Waals surface area contributed by atoms with Crippen molar-refractivity contribution in [1.29, 1.82) is 0 Å². The second kappa shape index (κ2) is 11.5. The largest absolute Gasteiger partial charge is 0.457 e. The zero-order valence-electron chi connectivity index (χ0n) is 19.0. The van der Waals surface area contributed by atoms with Crippen LogP contribution in [-0.2, 0) is 14.8 Å². The van der Waals surface area contributed by atoms with Crippen LogP contribution in [0.2, 0.25) is 5.02 Å². The van der Waals surface area contributed by atoms with Crippen LogP contribution in [0.15, 0.2) is 119 Å². The zero-order valence-corrected chi connectivity index (χ0v) is 20.6. The van der Waals surface area contributed by atoms with Gasteiger partial charge in [0.15, 0.2) is 0 Å². The Labute approximate surface area is 214 Å². The number of rotatable bonds is 9. The third kappa shape index (κ3) is 6.50. The highest BCUT2D eigenvalue weighted by molar-refractivity contribution is 7.92. The van der Waals surface area contributed by atoms with E-state index in [0.717, 1.165) is 4.31 Å². The van der Waals surface area contributed by atoms with Gasteiger partial charge in [0.1, 0.15) is 18.0 Å². The molecule has 7 nitrogen and oxygen atoms in total. The van der Waals surface area contributed by atoms with Gasteiger partial charge in [-0.1, -0.05) is 66.2 Å². The maximum absolute atomic E-state index is 13.3. The number of halogens is 1. The van der Waals surface area contributed by atoms with Crippen LogP contribution < -0.4 is 14.5 Å². The minimum absolute atomic E-state index is 0.0523. The Hall–Kier alpha value is -4.14. The molecule has 9 heteroatoms. The lowest BCUT2D eigenvalue weighted by molar-refractivity contribution is -0.119. The molecule has 1 amide bonds. The molecule has 0 heterocycles. The van der Waals surface area contributed by atoms with Crippen LogP contribution in [-0.4, -0.2) is 27.1 Å². The standard InChI is InChI=1S/C27H22ClN3O4S/c28-22-10-8-11-23(18-22)31(36(33,34)26-15-5-2-6-16-26)20-27(32)30-29-19-21-9-7-14-25(17-21)35-24-12-3-1-4-13-24/h1-19H,20H2,(H,30,32)/b29-19-. The molecule has 4 rings (SSSR count). The molecule has 0 aliphatic carbocycles. The lowest BCUT2D eigenvalue weighted by atomic mass is 10.2. The topological polar surface area (TPSA) is 88.1 Å². The van der Waals surface area contributed by atoms with E-state index < -0.39 is 22.5 Å². The van der Waals surface area contributed by atoms with Crippen LogP contribution in [0.25, 0.3) is 0 Å². The van der Waals surface area contributed by atoms with Crippen molar-refractivity contribution in [3.63, 3.8) is 0 Å². The second-order valence-corrected chi connectivity index (χ2v) is 9.88. The van der Waals surface area contributed by atoms with Gasteiger partial charge in [-0.25, -0.2) is 13.8 Å². The Morgan fingerprint density at radius 2 is 1.53 bits per heavy atom. The van der Waals surface area contributed by atoms with Crippen molar-refractivity contribution >= 4 is 39.4 Å². The molecule has 0 bridgehead atoms. The van der Waals surface area contributed by atoms with Crippen LogP contribution in [0.4, 0.5) is 5.69 Å². The minimum Gasteiger partial charge on any atom is -0.457 e. The number of hydrazone groups is 1. The number of hydrogen-bond acceptors (Lipinski definition) is 5. The summed E-state index contributed by atoms with van der Waals surface area (Å²) in [6.07, 6.45) is 1.45. The fraction of sp³-hybridized carbons (Fsp3) is 0.0370. The van der Waals surface area contributed by atoms with Crippen molar-refractivity contribution in [2.45, 2.75) is 4.90 Å². The third-order valence-electron chi connectivity index (χ3n) is 4.95. The summed E-state index contributed by atoms with van der Waals surface area (Å²) in [5, 5.41) is 4.33. The van der Waals surface area contributed by atoms with Crippen LogP contribution in [0.1, 0.15) is 5.56 Å². The molecular weight excluding hydrogens is 498 g/mol. The van der Waals surface area contributed by atoms with E-state index in [-0.39, 0.29) is 10.6 Å². The van der Waals surface area contributed by atoms with E-state index in [1.807, 2.05) is 30.3 Å². The van der Waals surface area contributed by atoms with Crippen LogP contribution >= 0.6 is 11.6 Å². The molecule has 0 fully saturated rings. The number of nitrogens with zero attached hydrogens (tertiary/aromatic N) is 2. The fourth-order valence-corrected chi connectivity index (χ4v) is 4.91. The van der Waals surface area contributed by atoms with Gasteiger partial charge in [-0.05, 0) is 60.2 Å². The van der Waals surface area contributed by atoms with Gasteiger partial charge in [0, 0.05) is 5.02 Å². The summed E-state index contributed by atoms with van der Waals surface area (Å²) >= 11 is 6.08. The van der Waals surface area contributed by atoms with E-state index in [2.05, 4.69) is 10.5 Å². The lowest BCUT2D eigenvalue weighted by Gasteiger charge is -2.23. The average molecular weight is 520 g/mol. The van der Waals surface area contributed by atoms with E-state index in [1.54, 1.807) is 60.7 Å². The van der Waals surface area contributed by atoms with E-state index in [4.69, 9.17) is 16.3 Å². The summed E-state index contributed by atoms with van der Waals surface area (Å²) in [6.45, 7) is -0.494. The number of sulfonamides is 1. The molecule has 0 atom stereocenters. The molecular formula is C27H22ClN3O4S. The van der Waals surface area contributed by atoms with E-state index in [9.17, 15) is 13.2 Å². The van der Waals surface area contributed by atoms with E-state index in [0.29, 0.717) is 22.1 Å². The molecule has 4 aromatic carbocycles. The predicted molar refractivity (Wildman–Crippen MR) is 141 cm³/mol. The highest BCUT2D eigenvalue weighted by Gasteiger charge is 2.27. The van der Waals surface area contributed by atoms with Gasteiger partial charge in [0.25, 0.3) is 15.9 Å². The second-order valence-electron chi connectivity index (χ2n) is 7.59. The molecule has 0 saturated heterocycles. The summed E-state index contributed by atoms with van der Waals surface area (Å²) in [4.78, 5) is 12.8. The highest BCUT2D eigenvalue weighted by atomic mass is 35.5. The Balaban J connectivity index is 1.48. The molecule has 0 aliphatic rings. The number of hydrogen-bond donors (Lipinski definition) is 1. The summed E-state index contributed by atoms with van der Waals surface area (Å²) in [5.41, 5.74) is 3.34. The number of benzene rings is 4. The summed E-state index contributed by atoms with van der Waals surface area (Å²) in [5.74, 6) is 0.681. The van der Waals surface area contributed by atoms with Crippen molar-refractivity contribution in [3.8, 4) is 11.5 Å². The molecule has 36 heavy (non-hydrogen) atoms. The number of amides is 1. The van der Waals surface area contributed by atoms with Gasteiger partial charge >= 0.3 is 0 Å². The highest BCUT2D eigenvalue weighted by Crippen LogP contribution is 2.26. The van der Waals surface area contributed by atoms with Gasteiger partial charge in [0.05, 0.1) is 16.8 Å². The fourth-order valence-electron chi connectivity index (χ4n) is 3.29. The first-order valence-corrected chi connectivity index (χ1v) is 12.7. The Morgan fingerprint density at radius 3 is 2.25 bits per heavy atom. The Kier molecular flexibility index (Phi) is 7.99. The smallest absolute Gasteiger partial charge is 0.264 e.